The largest absolute Gasteiger partial charge is 0.379 e. The van der Waals surface area contributed by atoms with Crippen molar-refractivity contribution in [1.82, 2.24) is 20.4 Å². The number of hydrogen-bond donors (Lipinski definition) is 2. The number of rotatable bonds is 9. The third-order valence-corrected chi connectivity index (χ3v) is 4.27. The Kier molecular flexibility index (Phi) is 6.45. The number of nitrogens with one attached hydrogen (secondary N) is 2. The first-order valence-corrected chi connectivity index (χ1v) is 8.91. The van der Waals surface area contributed by atoms with E-state index in [0.717, 1.165) is 38.1 Å². The summed E-state index contributed by atoms with van der Waals surface area (Å²) < 4.78 is 7.57. The van der Waals surface area contributed by atoms with Gasteiger partial charge in [-0.05, 0) is 36.0 Å². The molecule has 2 N–H and O–H groups in total. The third-order valence-electron chi connectivity index (χ3n) is 4.27. The zero-order valence-corrected chi connectivity index (χ0v) is 14.8. The van der Waals surface area contributed by atoms with Crippen LogP contribution in [0.4, 0.5) is 0 Å². The van der Waals surface area contributed by atoms with Crippen LogP contribution in [-0.4, -0.2) is 42.5 Å². The highest BCUT2D eigenvalue weighted by Crippen LogP contribution is 2.28. The molecule has 1 aromatic carbocycles. The second kappa shape index (κ2) is 9.22. The maximum atomic E-state index is 5.64. The average molecular weight is 341 g/mol. The van der Waals surface area contributed by atoms with Gasteiger partial charge in [0.2, 0.25) is 0 Å². The van der Waals surface area contributed by atoms with E-state index in [0.29, 0.717) is 6.61 Å². The number of nitrogens with zero attached hydrogens (tertiary/aromatic N) is 3. The number of ether oxygens (including phenoxy) is 1. The van der Waals surface area contributed by atoms with Crippen LogP contribution >= 0.6 is 0 Å². The van der Waals surface area contributed by atoms with Gasteiger partial charge in [-0.2, -0.15) is 5.10 Å². The summed E-state index contributed by atoms with van der Waals surface area (Å²) >= 11 is 0. The topological polar surface area (TPSA) is 63.5 Å². The van der Waals surface area contributed by atoms with Crippen molar-refractivity contribution in [1.29, 1.82) is 0 Å². The summed E-state index contributed by atoms with van der Waals surface area (Å²) in [5.41, 5.74) is 2.49. The van der Waals surface area contributed by atoms with Crippen LogP contribution in [0.15, 0.2) is 47.7 Å². The van der Waals surface area contributed by atoms with Gasteiger partial charge in [0.15, 0.2) is 5.96 Å². The Morgan fingerprint density at radius 1 is 1.24 bits per heavy atom. The summed E-state index contributed by atoms with van der Waals surface area (Å²) in [7, 11) is 1.79. The van der Waals surface area contributed by atoms with Gasteiger partial charge in [-0.3, -0.25) is 9.67 Å². The monoisotopic (exact) mass is 341 g/mol. The Labute approximate surface area is 149 Å². The lowest BCUT2D eigenvalue weighted by atomic mass is 10.1. The molecule has 1 heterocycles. The Morgan fingerprint density at radius 3 is 2.80 bits per heavy atom. The molecule has 0 bridgehead atoms. The minimum Gasteiger partial charge on any atom is -0.379 e. The Bertz CT molecular complexity index is 664. The minimum absolute atomic E-state index is 0.715. The van der Waals surface area contributed by atoms with E-state index in [1.165, 1.54) is 24.0 Å². The molecule has 1 saturated carbocycles. The molecule has 0 amide bonds. The molecule has 134 valence electrons. The maximum Gasteiger partial charge on any atom is 0.191 e. The number of guanidine groups is 1. The summed E-state index contributed by atoms with van der Waals surface area (Å²) in [6, 6.07) is 10.3. The van der Waals surface area contributed by atoms with Gasteiger partial charge in [-0.25, -0.2) is 0 Å². The summed E-state index contributed by atoms with van der Waals surface area (Å²) in [6.45, 7) is 3.87. The van der Waals surface area contributed by atoms with E-state index in [9.17, 15) is 0 Å². The molecule has 0 spiro atoms. The van der Waals surface area contributed by atoms with Crippen molar-refractivity contribution in [3.8, 4) is 0 Å². The van der Waals surface area contributed by atoms with Crippen LogP contribution in [0.25, 0.3) is 0 Å². The van der Waals surface area contributed by atoms with E-state index < -0.39 is 0 Å². The van der Waals surface area contributed by atoms with Gasteiger partial charge in [0.05, 0.1) is 13.2 Å². The zero-order valence-electron chi connectivity index (χ0n) is 14.8. The van der Waals surface area contributed by atoms with E-state index in [2.05, 4.69) is 45.0 Å². The number of benzene rings is 1. The first-order valence-electron chi connectivity index (χ1n) is 8.91. The quantitative estimate of drug-likeness (QED) is 0.416. The van der Waals surface area contributed by atoms with Gasteiger partial charge in [-0.15, -0.1) is 0 Å². The van der Waals surface area contributed by atoms with Crippen LogP contribution in [-0.2, 0) is 17.8 Å². The van der Waals surface area contributed by atoms with Crippen molar-refractivity contribution in [2.45, 2.75) is 25.9 Å². The number of aromatic nitrogens is 2. The highest BCUT2D eigenvalue weighted by molar-refractivity contribution is 5.79. The highest BCUT2D eigenvalue weighted by atomic mass is 16.5. The Hall–Kier alpha value is -2.34. The first-order chi connectivity index (χ1) is 12.3. The molecule has 1 aliphatic rings. The van der Waals surface area contributed by atoms with E-state index >= 15 is 0 Å². The molecular weight excluding hydrogens is 314 g/mol. The van der Waals surface area contributed by atoms with Gasteiger partial charge >= 0.3 is 0 Å². The lowest BCUT2D eigenvalue weighted by molar-refractivity contribution is 0.129. The Balaban J connectivity index is 1.44. The van der Waals surface area contributed by atoms with Crippen molar-refractivity contribution in [2.75, 3.05) is 26.8 Å². The summed E-state index contributed by atoms with van der Waals surface area (Å²) in [5, 5.41) is 11.0. The summed E-state index contributed by atoms with van der Waals surface area (Å²) in [5.74, 6) is 1.60. The van der Waals surface area contributed by atoms with E-state index in [1.54, 1.807) is 13.2 Å². The fourth-order valence-corrected chi connectivity index (χ4v) is 2.63. The smallest absolute Gasteiger partial charge is 0.191 e. The SMILES string of the molecule is CN=C(NCCOCC1CC1)NCc1ccccc1Cn1cccn1. The van der Waals surface area contributed by atoms with Crippen LogP contribution in [0, 0.1) is 5.92 Å². The maximum absolute atomic E-state index is 5.64. The molecule has 3 rings (SSSR count). The van der Waals surface area contributed by atoms with Crippen LogP contribution in [0.1, 0.15) is 24.0 Å². The van der Waals surface area contributed by atoms with Gasteiger partial charge < -0.3 is 15.4 Å². The molecule has 0 saturated heterocycles. The highest BCUT2D eigenvalue weighted by Gasteiger charge is 2.20. The van der Waals surface area contributed by atoms with E-state index in [-0.39, 0.29) is 0 Å². The van der Waals surface area contributed by atoms with Crippen LogP contribution in [0.2, 0.25) is 0 Å². The van der Waals surface area contributed by atoms with Crippen LogP contribution in [0.5, 0.6) is 0 Å². The molecule has 6 nitrogen and oxygen atoms in total. The van der Waals surface area contributed by atoms with Crippen molar-refractivity contribution < 1.29 is 4.74 Å². The standard InChI is InChI=1S/C19H27N5O/c1-20-19(21-10-12-25-15-16-7-8-16)22-13-17-5-2-3-6-18(17)14-24-11-4-9-23-24/h2-6,9,11,16H,7-8,10,12-15H2,1H3,(H2,20,21,22). The second-order valence-electron chi connectivity index (χ2n) is 6.34. The fraction of sp³-hybridized carbons (Fsp3) is 0.474. The average Bonchev–Trinajstić information content (AvgIpc) is 3.32. The molecule has 0 aliphatic heterocycles. The fourth-order valence-electron chi connectivity index (χ4n) is 2.63. The lowest BCUT2D eigenvalue weighted by Crippen LogP contribution is -2.38. The van der Waals surface area contributed by atoms with Crippen LogP contribution in [0.3, 0.4) is 0 Å². The molecular formula is C19H27N5O. The van der Waals surface area contributed by atoms with Crippen molar-refractivity contribution in [3.63, 3.8) is 0 Å². The molecule has 0 radical (unpaired) electrons. The lowest BCUT2D eigenvalue weighted by Gasteiger charge is -2.14. The summed E-state index contributed by atoms with van der Waals surface area (Å²) in [6.07, 6.45) is 6.44. The minimum atomic E-state index is 0.715. The van der Waals surface area contributed by atoms with Crippen molar-refractivity contribution >= 4 is 5.96 Å². The molecule has 0 unspecified atom stereocenters. The first kappa shape index (κ1) is 17.5. The van der Waals surface area contributed by atoms with E-state index in [1.807, 2.05) is 16.9 Å². The van der Waals surface area contributed by atoms with Crippen molar-refractivity contribution in [2.24, 2.45) is 10.9 Å². The van der Waals surface area contributed by atoms with Crippen molar-refractivity contribution in [3.05, 3.63) is 53.9 Å². The molecule has 2 aromatic rings. The molecule has 6 heteroatoms. The molecule has 0 atom stereocenters. The van der Waals surface area contributed by atoms with Gasteiger partial charge in [-0.1, -0.05) is 24.3 Å². The second-order valence-corrected chi connectivity index (χ2v) is 6.34. The molecule has 1 aliphatic carbocycles. The van der Waals surface area contributed by atoms with Crippen LogP contribution < -0.4 is 10.6 Å². The van der Waals surface area contributed by atoms with Gasteiger partial charge in [0, 0.05) is 39.1 Å². The van der Waals surface area contributed by atoms with Gasteiger partial charge in [0.1, 0.15) is 0 Å². The molecule has 25 heavy (non-hydrogen) atoms. The Morgan fingerprint density at radius 2 is 2.08 bits per heavy atom. The predicted octanol–water partition coefficient (Wildman–Crippen LogP) is 2.02. The summed E-state index contributed by atoms with van der Waals surface area (Å²) in [4.78, 5) is 4.27. The molecule has 1 aromatic heterocycles. The number of aliphatic imine (C=N–C) groups is 1. The van der Waals surface area contributed by atoms with E-state index in [4.69, 9.17) is 4.74 Å². The molecule has 1 fully saturated rings. The zero-order chi connectivity index (χ0) is 17.3. The normalized spacial score (nSPS) is 14.5. The third kappa shape index (κ3) is 5.90. The van der Waals surface area contributed by atoms with Gasteiger partial charge in [0.25, 0.3) is 0 Å². The number of hydrogen-bond acceptors (Lipinski definition) is 3. The predicted molar refractivity (Wildman–Crippen MR) is 99.5 cm³/mol.